The number of hydrogen-bond donors (Lipinski definition) is 0. The van der Waals surface area contributed by atoms with E-state index in [2.05, 4.69) is 13.3 Å². The van der Waals surface area contributed by atoms with Crippen LogP contribution in [0.25, 0.3) is 0 Å². The van der Waals surface area contributed by atoms with Crippen LogP contribution in [-0.2, 0) is 0 Å². The summed E-state index contributed by atoms with van der Waals surface area (Å²) in [4.78, 5) is 0. The second kappa shape index (κ2) is 4.35. The zero-order valence-electron chi connectivity index (χ0n) is 6.95. The summed E-state index contributed by atoms with van der Waals surface area (Å²) in [5.41, 5.74) is 0. The van der Waals surface area contributed by atoms with Crippen molar-refractivity contribution in [1.82, 2.24) is 0 Å². The lowest BCUT2D eigenvalue weighted by atomic mass is 10.3. The Morgan fingerprint density at radius 2 is 1.82 bits per heavy atom. The molecule has 0 N–H and O–H groups in total. The molecule has 1 rings (SSSR count). The minimum absolute atomic E-state index is 0.0536. The van der Waals surface area contributed by atoms with Crippen molar-refractivity contribution in [2.75, 3.05) is 19.7 Å². The Labute approximate surface area is 69.1 Å². The van der Waals surface area contributed by atoms with Gasteiger partial charge >= 0.3 is 0 Å². The molecule has 0 saturated carbocycles. The molecular formula is C9H13OP. The van der Waals surface area contributed by atoms with Gasteiger partial charge in [-0.3, -0.25) is 0 Å². The molecule has 2 heteroatoms. The predicted molar refractivity (Wildman–Crippen MR) is 50.7 cm³/mol. The van der Waals surface area contributed by atoms with Crippen LogP contribution in [0, 0.1) is 0 Å². The van der Waals surface area contributed by atoms with Crippen molar-refractivity contribution < 1.29 is 4.74 Å². The van der Waals surface area contributed by atoms with Gasteiger partial charge < -0.3 is 4.74 Å². The monoisotopic (exact) mass is 168 g/mol. The van der Waals surface area contributed by atoms with E-state index in [4.69, 9.17) is 4.74 Å². The lowest BCUT2D eigenvalue weighted by Crippen LogP contribution is -1.93. The molecule has 0 atom stereocenters. The summed E-state index contributed by atoms with van der Waals surface area (Å²) in [5, 5.41) is 0. The molecule has 0 aliphatic heterocycles. The second-order valence-electron chi connectivity index (χ2n) is 2.67. The van der Waals surface area contributed by atoms with Crippen molar-refractivity contribution >= 4 is 7.92 Å². The lowest BCUT2D eigenvalue weighted by Gasteiger charge is -2.07. The van der Waals surface area contributed by atoms with Gasteiger partial charge in [-0.25, -0.2) is 0 Å². The summed E-state index contributed by atoms with van der Waals surface area (Å²) in [6.07, 6.45) is 0.860. The maximum atomic E-state index is 5.50. The summed E-state index contributed by atoms with van der Waals surface area (Å²) < 4.78 is 5.50. The van der Waals surface area contributed by atoms with E-state index in [0.717, 1.165) is 12.1 Å². The highest BCUT2D eigenvalue weighted by Gasteiger charge is 1.93. The first-order valence-corrected chi connectivity index (χ1v) is 6.04. The Bertz CT molecular complexity index is 196. The van der Waals surface area contributed by atoms with Crippen LogP contribution in [0.1, 0.15) is 0 Å². The van der Waals surface area contributed by atoms with Crippen LogP contribution >= 0.6 is 7.92 Å². The third-order valence-electron chi connectivity index (χ3n) is 1.23. The standard InChI is InChI=1S/C9H13OP/c1-11(2)8-10-9-6-4-3-5-7-9/h3-7H,8H2,1-2H3. The molecule has 1 nitrogen and oxygen atoms in total. The van der Waals surface area contributed by atoms with Crippen molar-refractivity contribution in [3.8, 4) is 5.75 Å². The van der Waals surface area contributed by atoms with Crippen LogP contribution in [0.3, 0.4) is 0 Å². The predicted octanol–water partition coefficient (Wildman–Crippen LogP) is 2.76. The van der Waals surface area contributed by atoms with Gasteiger partial charge in [-0.2, -0.15) is 0 Å². The molecule has 0 spiro atoms. The highest BCUT2D eigenvalue weighted by atomic mass is 31.1. The SMILES string of the molecule is CP(C)COc1ccccc1. The molecular weight excluding hydrogens is 155 g/mol. The molecule has 1 aromatic rings. The van der Waals surface area contributed by atoms with E-state index < -0.39 is 0 Å². The van der Waals surface area contributed by atoms with Crippen molar-refractivity contribution in [3.63, 3.8) is 0 Å². The van der Waals surface area contributed by atoms with Gasteiger partial charge in [-0.1, -0.05) is 26.1 Å². The first kappa shape index (κ1) is 8.55. The minimum Gasteiger partial charge on any atom is -0.489 e. The molecule has 60 valence electrons. The Morgan fingerprint density at radius 1 is 1.18 bits per heavy atom. The first-order chi connectivity index (χ1) is 5.29. The van der Waals surface area contributed by atoms with Gasteiger partial charge in [0.1, 0.15) is 12.1 Å². The van der Waals surface area contributed by atoms with Crippen LogP contribution in [0.5, 0.6) is 5.75 Å². The maximum Gasteiger partial charge on any atom is 0.119 e. The summed E-state index contributed by atoms with van der Waals surface area (Å²) >= 11 is 0. The molecule has 11 heavy (non-hydrogen) atoms. The maximum absolute atomic E-state index is 5.50. The van der Waals surface area contributed by atoms with E-state index >= 15 is 0 Å². The van der Waals surface area contributed by atoms with E-state index in [9.17, 15) is 0 Å². The fraction of sp³-hybridized carbons (Fsp3) is 0.333. The molecule has 0 amide bonds. The van der Waals surface area contributed by atoms with Crippen molar-refractivity contribution in [2.45, 2.75) is 0 Å². The van der Waals surface area contributed by atoms with Gasteiger partial charge in [0, 0.05) is 0 Å². The highest BCUT2D eigenvalue weighted by molar-refractivity contribution is 7.55. The van der Waals surface area contributed by atoms with Gasteiger partial charge in [0.15, 0.2) is 0 Å². The molecule has 0 unspecified atom stereocenters. The molecule has 0 radical (unpaired) electrons. The summed E-state index contributed by atoms with van der Waals surface area (Å²) in [7, 11) is 0.0536. The van der Waals surface area contributed by atoms with Crippen LogP contribution in [0.2, 0.25) is 0 Å². The zero-order valence-corrected chi connectivity index (χ0v) is 7.84. The topological polar surface area (TPSA) is 9.23 Å². The van der Waals surface area contributed by atoms with Gasteiger partial charge in [0.05, 0.1) is 0 Å². The van der Waals surface area contributed by atoms with Gasteiger partial charge in [-0.05, 0) is 25.5 Å². The number of benzene rings is 1. The van der Waals surface area contributed by atoms with E-state index in [1.54, 1.807) is 0 Å². The zero-order chi connectivity index (χ0) is 8.10. The van der Waals surface area contributed by atoms with Crippen LogP contribution in [0.15, 0.2) is 30.3 Å². The average molecular weight is 168 g/mol. The van der Waals surface area contributed by atoms with Crippen molar-refractivity contribution in [3.05, 3.63) is 30.3 Å². The van der Waals surface area contributed by atoms with Crippen LogP contribution in [0.4, 0.5) is 0 Å². The van der Waals surface area contributed by atoms with Crippen molar-refractivity contribution in [2.24, 2.45) is 0 Å². The average Bonchev–Trinajstić information content (AvgIpc) is 2.03. The molecule has 0 aliphatic carbocycles. The van der Waals surface area contributed by atoms with E-state index in [1.807, 2.05) is 30.3 Å². The number of ether oxygens (including phenoxy) is 1. The third-order valence-corrected chi connectivity index (χ3v) is 1.88. The summed E-state index contributed by atoms with van der Waals surface area (Å²) in [5.74, 6) is 0.976. The summed E-state index contributed by atoms with van der Waals surface area (Å²) in [6.45, 7) is 4.41. The van der Waals surface area contributed by atoms with Crippen molar-refractivity contribution in [1.29, 1.82) is 0 Å². The molecule has 0 aliphatic rings. The Kier molecular flexibility index (Phi) is 3.38. The number of hydrogen-bond acceptors (Lipinski definition) is 1. The second-order valence-corrected chi connectivity index (χ2v) is 5.08. The van der Waals surface area contributed by atoms with E-state index in [0.29, 0.717) is 0 Å². The Morgan fingerprint density at radius 3 is 2.36 bits per heavy atom. The summed E-state index contributed by atoms with van der Waals surface area (Å²) in [6, 6.07) is 9.94. The molecule has 0 bridgehead atoms. The molecule has 1 aromatic carbocycles. The minimum atomic E-state index is 0.0536. The van der Waals surface area contributed by atoms with Gasteiger partial charge in [0.2, 0.25) is 0 Å². The fourth-order valence-electron chi connectivity index (χ4n) is 0.720. The Hall–Kier alpha value is -0.550. The fourth-order valence-corrected chi connectivity index (χ4v) is 1.13. The van der Waals surface area contributed by atoms with E-state index in [1.165, 1.54) is 0 Å². The molecule has 0 fully saturated rings. The largest absolute Gasteiger partial charge is 0.489 e. The molecule has 0 saturated heterocycles. The Balaban J connectivity index is 2.39. The number of para-hydroxylation sites is 1. The van der Waals surface area contributed by atoms with Gasteiger partial charge in [0.25, 0.3) is 0 Å². The van der Waals surface area contributed by atoms with Crippen LogP contribution in [-0.4, -0.2) is 19.7 Å². The van der Waals surface area contributed by atoms with E-state index in [-0.39, 0.29) is 7.92 Å². The van der Waals surface area contributed by atoms with Crippen LogP contribution < -0.4 is 4.74 Å². The van der Waals surface area contributed by atoms with Gasteiger partial charge in [-0.15, -0.1) is 0 Å². The lowest BCUT2D eigenvalue weighted by molar-refractivity contribution is 0.389. The normalized spacial score (nSPS) is 10.1. The number of rotatable bonds is 3. The molecule has 0 aromatic heterocycles. The quantitative estimate of drug-likeness (QED) is 0.630. The smallest absolute Gasteiger partial charge is 0.119 e. The highest BCUT2D eigenvalue weighted by Crippen LogP contribution is 2.24. The molecule has 0 heterocycles. The first-order valence-electron chi connectivity index (χ1n) is 3.61. The third kappa shape index (κ3) is 3.38.